The number of carbonyl (C=O) groups is 1. The minimum atomic E-state index is -1.01. The van der Waals surface area contributed by atoms with Gasteiger partial charge in [-0.05, 0) is 42.4 Å². The molecule has 0 bridgehead atoms. The van der Waals surface area contributed by atoms with E-state index >= 15 is 0 Å². The maximum absolute atomic E-state index is 13.0. The Morgan fingerprint density at radius 1 is 1.06 bits per heavy atom. The number of amides is 1. The van der Waals surface area contributed by atoms with Crippen LogP contribution in [0.5, 0.6) is 0 Å². The number of rotatable bonds is 6. The van der Waals surface area contributed by atoms with Crippen LogP contribution in [0.4, 0.5) is 5.82 Å². The molecule has 1 amide bonds. The zero-order chi connectivity index (χ0) is 22.5. The Morgan fingerprint density at radius 2 is 1.69 bits per heavy atom. The van der Waals surface area contributed by atoms with Crippen LogP contribution in [0.3, 0.4) is 0 Å². The smallest absolute Gasteiger partial charge is 0.243 e. The van der Waals surface area contributed by atoms with E-state index in [1.54, 1.807) is 0 Å². The van der Waals surface area contributed by atoms with Crippen molar-refractivity contribution in [3.8, 4) is 6.07 Å². The molecular formula is C26H29N5O. The van der Waals surface area contributed by atoms with Crippen molar-refractivity contribution in [3.63, 3.8) is 0 Å². The van der Waals surface area contributed by atoms with E-state index in [0.717, 1.165) is 30.6 Å². The topological polar surface area (TPSA) is 81.9 Å². The second-order valence-corrected chi connectivity index (χ2v) is 8.86. The summed E-state index contributed by atoms with van der Waals surface area (Å²) in [5, 5.41) is 12.9. The molecule has 1 aliphatic rings. The van der Waals surface area contributed by atoms with E-state index < -0.39 is 5.92 Å². The zero-order valence-corrected chi connectivity index (χ0v) is 18.7. The summed E-state index contributed by atoms with van der Waals surface area (Å²) in [7, 11) is 0. The van der Waals surface area contributed by atoms with Gasteiger partial charge in [0.25, 0.3) is 0 Å². The molecule has 32 heavy (non-hydrogen) atoms. The van der Waals surface area contributed by atoms with Crippen molar-refractivity contribution in [1.29, 1.82) is 5.26 Å². The summed E-state index contributed by atoms with van der Waals surface area (Å²) in [5.74, 6) is 0.352. The average molecular weight is 428 g/mol. The first-order chi connectivity index (χ1) is 15.5. The molecule has 1 N–H and O–H groups in total. The summed E-state index contributed by atoms with van der Waals surface area (Å²) in [6.45, 7) is 6.62. The summed E-state index contributed by atoms with van der Waals surface area (Å²) in [5.41, 5.74) is 3.06. The number of anilines is 1. The largest absolute Gasteiger partial charge is 0.355 e. The Kier molecular flexibility index (Phi) is 6.65. The molecule has 3 aromatic rings. The first-order valence-electron chi connectivity index (χ1n) is 11.3. The first kappa shape index (κ1) is 21.8. The number of hydrogen-bond acceptors (Lipinski definition) is 5. The highest BCUT2D eigenvalue weighted by Crippen LogP contribution is 2.31. The Balaban J connectivity index is 1.62. The number of carbonyl (C=O) groups excluding carboxylic acids is 1. The molecule has 4 rings (SSSR count). The van der Waals surface area contributed by atoms with Crippen LogP contribution in [-0.2, 0) is 11.2 Å². The molecule has 1 aliphatic heterocycles. The van der Waals surface area contributed by atoms with Gasteiger partial charge in [0.1, 0.15) is 5.69 Å². The van der Waals surface area contributed by atoms with Crippen LogP contribution in [-0.4, -0.2) is 35.5 Å². The van der Waals surface area contributed by atoms with Crippen LogP contribution in [0.2, 0.25) is 0 Å². The quantitative estimate of drug-likeness (QED) is 0.641. The van der Waals surface area contributed by atoms with Crippen molar-refractivity contribution in [3.05, 3.63) is 65.9 Å². The molecule has 2 heterocycles. The van der Waals surface area contributed by atoms with Gasteiger partial charge in [0, 0.05) is 19.6 Å². The molecule has 0 spiro atoms. The molecule has 6 heteroatoms. The normalized spacial score (nSPS) is 19.3. The number of para-hydroxylation sites is 2. The minimum absolute atomic E-state index is 0.327. The standard InChI is InChI=1S/C26H29N5O/c1-18-14-19(2)17-31(16-18)25-24(29-22-10-6-7-11-23(22)30-25)21(15-27)26(32)28-13-12-20-8-4-3-5-9-20/h3-11,18-19,21H,12-14,16-17H2,1-2H3,(H,28,32)/t18-,19-,21-/m0/s1. The van der Waals surface area contributed by atoms with E-state index in [-0.39, 0.29) is 5.91 Å². The lowest BCUT2D eigenvalue weighted by molar-refractivity contribution is -0.121. The van der Waals surface area contributed by atoms with Crippen LogP contribution in [0.15, 0.2) is 54.6 Å². The van der Waals surface area contributed by atoms with Crippen LogP contribution >= 0.6 is 0 Å². The number of aromatic nitrogens is 2. The molecule has 0 aliphatic carbocycles. The second-order valence-electron chi connectivity index (χ2n) is 8.86. The molecule has 1 saturated heterocycles. The monoisotopic (exact) mass is 427 g/mol. The van der Waals surface area contributed by atoms with Gasteiger partial charge in [0.05, 0.1) is 17.1 Å². The van der Waals surface area contributed by atoms with Gasteiger partial charge >= 0.3 is 0 Å². The molecule has 164 valence electrons. The predicted molar refractivity (Wildman–Crippen MR) is 126 cm³/mol. The molecule has 2 aromatic carbocycles. The highest BCUT2D eigenvalue weighted by atomic mass is 16.1. The molecule has 3 atom stereocenters. The van der Waals surface area contributed by atoms with Gasteiger partial charge in [-0.25, -0.2) is 9.97 Å². The average Bonchev–Trinajstić information content (AvgIpc) is 2.79. The number of nitriles is 1. The van der Waals surface area contributed by atoms with E-state index in [9.17, 15) is 10.1 Å². The fourth-order valence-electron chi connectivity index (χ4n) is 4.59. The maximum atomic E-state index is 13.0. The molecule has 1 aromatic heterocycles. The summed E-state index contributed by atoms with van der Waals surface area (Å²) in [4.78, 5) is 24.9. The van der Waals surface area contributed by atoms with Crippen molar-refractivity contribution in [2.45, 2.75) is 32.6 Å². The van der Waals surface area contributed by atoms with Crippen LogP contribution in [0.25, 0.3) is 11.0 Å². The van der Waals surface area contributed by atoms with Gasteiger partial charge in [-0.2, -0.15) is 5.26 Å². The van der Waals surface area contributed by atoms with Crippen molar-refractivity contribution in [1.82, 2.24) is 15.3 Å². The summed E-state index contributed by atoms with van der Waals surface area (Å²) in [6.07, 6.45) is 1.87. The third kappa shape index (κ3) is 4.88. The third-order valence-electron chi connectivity index (χ3n) is 5.97. The molecule has 6 nitrogen and oxygen atoms in total. The molecule has 0 radical (unpaired) electrons. The van der Waals surface area contributed by atoms with E-state index in [4.69, 9.17) is 9.97 Å². The van der Waals surface area contributed by atoms with E-state index in [1.807, 2.05) is 54.6 Å². The number of nitrogens with one attached hydrogen (secondary N) is 1. The van der Waals surface area contributed by atoms with Crippen LogP contribution in [0, 0.1) is 23.2 Å². The number of benzene rings is 2. The number of fused-ring (bicyclic) bond motifs is 1. The van der Waals surface area contributed by atoms with Crippen molar-refractivity contribution in [2.24, 2.45) is 11.8 Å². The van der Waals surface area contributed by atoms with Gasteiger partial charge in [-0.15, -0.1) is 0 Å². The fourth-order valence-corrected chi connectivity index (χ4v) is 4.59. The van der Waals surface area contributed by atoms with Crippen LogP contribution in [0.1, 0.15) is 37.4 Å². The van der Waals surface area contributed by atoms with Gasteiger partial charge in [-0.1, -0.05) is 56.3 Å². The van der Waals surface area contributed by atoms with Gasteiger partial charge in [-0.3, -0.25) is 4.79 Å². The summed E-state index contributed by atoms with van der Waals surface area (Å²) < 4.78 is 0. The lowest BCUT2D eigenvalue weighted by Crippen LogP contribution is -2.40. The molecule has 1 fully saturated rings. The number of piperidine rings is 1. The highest BCUT2D eigenvalue weighted by molar-refractivity contribution is 5.88. The first-order valence-corrected chi connectivity index (χ1v) is 11.3. The predicted octanol–water partition coefficient (Wildman–Crippen LogP) is 4.08. The molecule has 0 unspecified atom stereocenters. The molecular weight excluding hydrogens is 398 g/mol. The van der Waals surface area contributed by atoms with E-state index in [0.29, 0.717) is 41.8 Å². The third-order valence-corrected chi connectivity index (χ3v) is 5.97. The SMILES string of the molecule is C[C@H]1C[C@H](C)CN(c2nc3ccccc3nc2[C@H](C#N)C(=O)NCCc2ccccc2)C1. The van der Waals surface area contributed by atoms with Gasteiger partial charge in [0.15, 0.2) is 11.7 Å². The lowest BCUT2D eigenvalue weighted by atomic mass is 9.91. The van der Waals surface area contributed by atoms with Crippen molar-refractivity contribution < 1.29 is 4.79 Å². The fraction of sp³-hybridized carbons (Fsp3) is 0.385. The molecule has 0 saturated carbocycles. The second kappa shape index (κ2) is 9.78. The number of nitrogens with zero attached hydrogens (tertiary/aromatic N) is 4. The Bertz CT molecular complexity index is 1110. The Hall–Kier alpha value is -3.46. The Morgan fingerprint density at radius 3 is 2.34 bits per heavy atom. The summed E-state index contributed by atoms with van der Waals surface area (Å²) >= 11 is 0. The lowest BCUT2D eigenvalue weighted by Gasteiger charge is -2.36. The number of hydrogen-bond donors (Lipinski definition) is 1. The highest BCUT2D eigenvalue weighted by Gasteiger charge is 2.31. The zero-order valence-electron chi connectivity index (χ0n) is 18.7. The van der Waals surface area contributed by atoms with Crippen molar-refractivity contribution >= 4 is 22.8 Å². The van der Waals surface area contributed by atoms with Gasteiger partial charge < -0.3 is 10.2 Å². The minimum Gasteiger partial charge on any atom is -0.355 e. The Labute approximate surface area is 189 Å². The maximum Gasteiger partial charge on any atom is 0.243 e. The van der Waals surface area contributed by atoms with Crippen molar-refractivity contribution in [2.75, 3.05) is 24.5 Å². The summed E-state index contributed by atoms with van der Waals surface area (Å²) in [6, 6.07) is 19.8. The van der Waals surface area contributed by atoms with Crippen LogP contribution < -0.4 is 10.2 Å². The van der Waals surface area contributed by atoms with Gasteiger partial charge in [0.2, 0.25) is 5.91 Å². The van der Waals surface area contributed by atoms with E-state index in [1.165, 1.54) is 0 Å². The van der Waals surface area contributed by atoms with E-state index in [2.05, 4.69) is 30.1 Å².